The third-order valence-electron chi connectivity index (χ3n) is 4.59. The Labute approximate surface area is 143 Å². The molecular formula is C18H27N5O. The summed E-state index contributed by atoms with van der Waals surface area (Å²) >= 11 is 0. The van der Waals surface area contributed by atoms with Gasteiger partial charge in [-0.25, -0.2) is 0 Å². The average Bonchev–Trinajstić information content (AvgIpc) is 3.05. The molecule has 1 unspecified atom stereocenters. The summed E-state index contributed by atoms with van der Waals surface area (Å²) in [7, 11) is 0. The Morgan fingerprint density at radius 2 is 1.92 bits per heavy atom. The van der Waals surface area contributed by atoms with Crippen molar-refractivity contribution in [2.75, 3.05) is 26.2 Å². The molecule has 3 heterocycles. The maximum atomic E-state index is 5.81. The highest BCUT2D eigenvalue weighted by Crippen LogP contribution is 2.23. The van der Waals surface area contributed by atoms with Crippen molar-refractivity contribution in [3.63, 3.8) is 0 Å². The second-order valence-electron chi connectivity index (χ2n) is 7.53. The maximum Gasteiger partial charge on any atom is 0.230 e. The van der Waals surface area contributed by atoms with Gasteiger partial charge in [0.1, 0.15) is 0 Å². The first-order valence-corrected chi connectivity index (χ1v) is 8.62. The lowest BCUT2D eigenvalue weighted by Gasteiger charge is -2.37. The summed E-state index contributed by atoms with van der Waals surface area (Å²) in [6.07, 6.45) is 3.79. The highest BCUT2D eigenvalue weighted by Gasteiger charge is 2.25. The lowest BCUT2D eigenvalue weighted by Crippen LogP contribution is -2.46. The molecule has 6 nitrogen and oxygen atoms in total. The normalized spacial score (nSPS) is 18.7. The van der Waals surface area contributed by atoms with Crippen LogP contribution in [0.1, 0.15) is 51.1 Å². The minimum absolute atomic E-state index is 0.0941. The van der Waals surface area contributed by atoms with Crippen LogP contribution in [0.15, 0.2) is 28.9 Å². The molecule has 0 amide bonds. The van der Waals surface area contributed by atoms with E-state index in [-0.39, 0.29) is 5.41 Å². The van der Waals surface area contributed by atoms with Gasteiger partial charge in [0.2, 0.25) is 11.8 Å². The predicted octanol–water partition coefficient (Wildman–Crippen LogP) is 2.64. The molecule has 1 fully saturated rings. The van der Waals surface area contributed by atoms with Crippen LogP contribution in [0.25, 0.3) is 0 Å². The summed E-state index contributed by atoms with van der Waals surface area (Å²) in [6.45, 7) is 13.3. The molecule has 1 aliphatic rings. The molecule has 0 spiro atoms. The van der Waals surface area contributed by atoms with Crippen LogP contribution in [0.4, 0.5) is 0 Å². The standard InChI is InChI=1S/C18H27N5O/c1-14(15-6-5-7-19-12-15)23-10-8-22(9-11-23)13-16-20-21-17(24-16)18(2,3)4/h5-7,12,14H,8-11,13H2,1-4H3. The zero-order valence-corrected chi connectivity index (χ0v) is 15.1. The van der Waals surface area contributed by atoms with Crippen molar-refractivity contribution >= 4 is 0 Å². The van der Waals surface area contributed by atoms with Crippen LogP contribution >= 0.6 is 0 Å². The maximum absolute atomic E-state index is 5.81. The van der Waals surface area contributed by atoms with Crippen molar-refractivity contribution in [1.82, 2.24) is 25.0 Å². The first-order chi connectivity index (χ1) is 11.4. The molecule has 0 N–H and O–H groups in total. The molecule has 2 aromatic rings. The summed E-state index contributed by atoms with van der Waals surface area (Å²) in [4.78, 5) is 9.11. The fourth-order valence-electron chi connectivity index (χ4n) is 2.95. The molecule has 130 valence electrons. The Balaban J connectivity index is 1.53. The molecule has 2 aromatic heterocycles. The molecule has 3 rings (SSSR count). The van der Waals surface area contributed by atoms with E-state index in [9.17, 15) is 0 Å². The molecule has 0 aliphatic carbocycles. The minimum atomic E-state index is -0.0941. The molecule has 0 bridgehead atoms. The molecule has 0 saturated carbocycles. The Morgan fingerprint density at radius 3 is 2.50 bits per heavy atom. The van der Waals surface area contributed by atoms with Crippen LogP contribution in [0.5, 0.6) is 0 Å². The molecule has 1 aliphatic heterocycles. The topological polar surface area (TPSA) is 58.3 Å². The third-order valence-corrected chi connectivity index (χ3v) is 4.59. The van der Waals surface area contributed by atoms with Gasteiger partial charge in [0.05, 0.1) is 6.54 Å². The second-order valence-corrected chi connectivity index (χ2v) is 7.53. The Bertz CT molecular complexity index is 641. The van der Waals surface area contributed by atoms with Crippen molar-refractivity contribution in [3.05, 3.63) is 41.9 Å². The van der Waals surface area contributed by atoms with E-state index in [4.69, 9.17) is 4.42 Å². The lowest BCUT2D eigenvalue weighted by molar-refractivity contribution is 0.0914. The minimum Gasteiger partial charge on any atom is -0.423 e. The van der Waals surface area contributed by atoms with E-state index < -0.39 is 0 Å². The Morgan fingerprint density at radius 1 is 1.17 bits per heavy atom. The monoisotopic (exact) mass is 329 g/mol. The van der Waals surface area contributed by atoms with Gasteiger partial charge >= 0.3 is 0 Å². The molecule has 1 saturated heterocycles. The van der Waals surface area contributed by atoms with Crippen LogP contribution in [0.2, 0.25) is 0 Å². The van der Waals surface area contributed by atoms with Gasteiger partial charge in [-0.3, -0.25) is 14.8 Å². The van der Waals surface area contributed by atoms with Gasteiger partial charge < -0.3 is 4.42 Å². The van der Waals surface area contributed by atoms with Gasteiger partial charge in [0.15, 0.2) is 0 Å². The van der Waals surface area contributed by atoms with Crippen molar-refractivity contribution in [3.8, 4) is 0 Å². The van der Waals surface area contributed by atoms with Gasteiger partial charge in [-0.1, -0.05) is 26.8 Å². The smallest absolute Gasteiger partial charge is 0.230 e. The van der Waals surface area contributed by atoms with E-state index in [0.29, 0.717) is 17.8 Å². The van der Waals surface area contributed by atoms with Crippen molar-refractivity contribution in [2.45, 2.75) is 45.7 Å². The fraction of sp³-hybridized carbons (Fsp3) is 0.611. The van der Waals surface area contributed by atoms with Crippen LogP contribution in [0, 0.1) is 0 Å². The summed E-state index contributed by atoms with van der Waals surface area (Å²) in [5.41, 5.74) is 1.18. The first-order valence-electron chi connectivity index (χ1n) is 8.62. The lowest BCUT2D eigenvalue weighted by atomic mass is 9.97. The summed E-state index contributed by atoms with van der Waals surface area (Å²) in [5, 5.41) is 8.37. The van der Waals surface area contributed by atoms with Gasteiger partial charge in [-0.2, -0.15) is 0 Å². The van der Waals surface area contributed by atoms with Crippen LogP contribution in [-0.4, -0.2) is 51.2 Å². The van der Waals surface area contributed by atoms with Crippen molar-refractivity contribution < 1.29 is 4.42 Å². The largest absolute Gasteiger partial charge is 0.423 e. The number of nitrogens with zero attached hydrogens (tertiary/aromatic N) is 5. The van der Waals surface area contributed by atoms with Gasteiger partial charge in [-0.05, 0) is 18.6 Å². The molecule has 0 aromatic carbocycles. The van der Waals surface area contributed by atoms with Crippen LogP contribution < -0.4 is 0 Å². The van der Waals surface area contributed by atoms with Crippen LogP contribution in [0.3, 0.4) is 0 Å². The van der Waals surface area contributed by atoms with E-state index >= 15 is 0 Å². The molecule has 24 heavy (non-hydrogen) atoms. The fourth-order valence-corrected chi connectivity index (χ4v) is 2.95. The average molecular weight is 329 g/mol. The summed E-state index contributed by atoms with van der Waals surface area (Å²) in [6, 6.07) is 4.55. The van der Waals surface area contributed by atoms with E-state index in [1.165, 1.54) is 5.56 Å². The second kappa shape index (κ2) is 6.99. The van der Waals surface area contributed by atoms with Crippen molar-refractivity contribution in [1.29, 1.82) is 0 Å². The highest BCUT2D eigenvalue weighted by atomic mass is 16.4. The number of piperazine rings is 1. The Kier molecular flexibility index (Phi) is 4.96. The van der Waals surface area contributed by atoms with E-state index in [1.54, 1.807) is 0 Å². The number of rotatable bonds is 4. The number of pyridine rings is 1. The van der Waals surface area contributed by atoms with Crippen molar-refractivity contribution in [2.24, 2.45) is 0 Å². The van der Waals surface area contributed by atoms with Gasteiger partial charge in [-0.15, -0.1) is 10.2 Å². The summed E-state index contributed by atoms with van der Waals surface area (Å²) in [5.74, 6) is 1.43. The first kappa shape index (κ1) is 17.0. The SMILES string of the molecule is CC(c1cccnc1)N1CCN(Cc2nnc(C(C)(C)C)o2)CC1. The quantitative estimate of drug-likeness (QED) is 0.859. The van der Waals surface area contributed by atoms with E-state index in [0.717, 1.165) is 32.7 Å². The van der Waals surface area contributed by atoms with Crippen LogP contribution in [-0.2, 0) is 12.0 Å². The zero-order chi connectivity index (χ0) is 17.2. The highest BCUT2D eigenvalue weighted by molar-refractivity contribution is 5.13. The molecule has 6 heteroatoms. The molecule has 1 atom stereocenters. The third kappa shape index (κ3) is 3.99. The zero-order valence-electron chi connectivity index (χ0n) is 15.1. The van der Waals surface area contributed by atoms with Gasteiger partial charge in [0.25, 0.3) is 0 Å². The Hall–Kier alpha value is -1.79. The van der Waals surface area contributed by atoms with E-state index in [2.05, 4.69) is 58.7 Å². The number of hydrogen-bond acceptors (Lipinski definition) is 6. The predicted molar refractivity (Wildman–Crippen MR) is 92.5 cm³/mol. The molecular weight excluding hydrogens is 302 g/mol. The summed E-state index contributed by atoms with van der Waals surface area (Å²) < 4.78 is 5.81. The van der Waals surface area contributed by atoms with E-state index in [1.807, 2.05) is 18.5 Å². The number of aromatic nitrogens is 3. The molecule has 0 radical (unpaired) electrons. The number of hydrogen-bond donors (Lipinski definition) is 0. The van der Waals surface area contributed by atoms with Gasteiger partial charge in [0, 0.05) is 50.0 Å².